The molecule has 0 saturated carbocycles. The first kappa shape index (κ1) is 26.6. The molecule has 1 N–H and O–H groups in total. The number of piperazine rings is 1. The van der Waals surface area contributed by atoms with E-state index in [0.717, 1.165) is 21.4 Å². The molecule has 1 aromatic carbocycles. The highest BCUT2D eigenvalue weighted by Crippen LogP contribution is 2.33. The summed E-state index contributed by atoms with van der Waals surface area (Å²) in [6, 6.07) is 6.78. The molecule has 0 radical (unpaired) electrons. The Hall–Kier alpha value is -2.42. The van der Waals surface area contributed by atoms with Crippen LogP contribution in [0.1, 0.15) is 22.4 Å². The number of nitrogens with one attached hydrogen (secondary N) is 1. The van der Waals surface area contributed by atoms with Gasteiger partial charge in [0.15, 0.2) is 5.78 Å². The maximum atomic E-state index is 13.1. The number of hydrogen-bond acceptors (Lipinski definition) is 10. The average Bonchev–Trinajstić information content (AvgIpc) is 3.47. The average molecular weight is 571 g/mol. The highest BCUT2D eigenvalue weighted by molar-refractivity contribution is 7.91. The number of fused-ring (bicyclic) bond motifs is 1. The van der Waals surface area contributed by atoms with Crippen molar-refractivity contribution in [1.82, 2.24) is 19.5 Å². The molecule has 1 aliphatic heterocycles. The van der Waals surface area contributed by atoms with Gasteiger partial charge in [-0.2, -0.15) is 4.31 Å². The summed E-state index contributed by atoms with van der Waals surface area (Å²) in [7, 11) is -3.83. The predicted molar refractivity (Wildman–Crippen MR) is 137 cm³/mol. The number of rotatable bonds is 10. The second-order valence-electron chi connectivity index (χ2n) is 7.86. The van der Waals surface area contributed by atoms with Crippen molar-refractivity contribution in [1.29, 1.82) is 0 Å². The molecule has 192 valence electrons. The van der Waals surface area contributed by atoms with Crippen LogP contribution >= 0.6 is 34.3 Å². The zero-order chi connectivity index (χ0) is 25.9. The van der Waals surface area contributed by atoms with Gasteiger partial charge in [-0.25, -0.2) is 13.4 Å². The number of sulfonamides is 1. The first-order valence-corrected chi connectivity index (χ1v) is 14.5. The Labute approximate surface area is 220 Å². The lowest BCUT2D eigenvalue weighted by Gasteiger charge is -2.32. The maximum absolute atomic E-state index is 13.1. The first-order valence-electron chi connectivity index (χ1n) is 11.0. The van der Waals surface area contributed by atoms with Crippen LogP contribution in [0.5, 0.6) is 0 Å². The van der Waals surface area contributed by atoms with Crippen molar-refractivity contribution >= 4 is 72.0 Å². The molecule has 14 heteroatoms. The fraction of sp³-hybridized carbons (Fsp3) is 0.364. The SMILES string of the molecule is CCOC(=O)CNCC(=O)c1csc(CN2CCN(S(=O)(=O)c3cc4ccc(Cl)cc4s3)CC2=O)n1. The topological polar surface area (TPSA) is 126 Å². The molecule has 0 spiro atoms. The number of carbonyl (C=O) groups excluding carboxylic acids is 3. The van der Waals surface area contributed by atoms with E-state index in [1.54, 1.807) is 36.6 Å². The van der Waals surface area contributed by atoms with Crippen LogP contribution in [0.4, 0.5) is 0 Å². The van der Waals surface area contributed by atoms with Crippen LogP contribution in [0.2, 0.25) is 5.02 Å². The molecule has 0 bridgehead atoms. The number of thiazole rings is 1. The van der Waals surface area contributed by atoms with Gasteiger partial charge in [-0.05, 0) is 30.5 Å². The molecular formula is C22H23ClN4O6S3. The molecule has 3 heterocycles. The molecule has 0 atom stereocenters. The molecule has 1 amide bonds. The number of Topliss-reactive ketones (excluding diaryl/α,β-unsaturated/α-hetero) is 1. The predicted octanol–water partition coefficient (Wildman–Crippen LogP) is 2.38. The number of ketones is 1. The van der Waals surface area contributed by atoms with Crippen molar-refractivity contribution in [3.63, 3.8) is 0 Å². The van der Waals surface area contributed by atoms with E-state index >= 15 is 0 Å². The number of aromatic nitrogens is 1. The van der Waals surface area contributed by atoms with Crippen molar-refractivity contribution in [2.45, 2.75) is 17.7 Å². The Kier molecular flexibility index (Phi) is 8.37. The van der Waals surface area contributed by atoms with E-state index in [-0.39, 0.29) is 67.5 Å². The fourth-order valence-corrected chi connectivity index (χ4v) is 7.57. The van der Waals surface area contributed by atoms with Gasteiger partial charge in [-0.15, -0.1) is 22.7 Å². The van der Waals surface area contributed by atoms with Gasteiger partial charge >= 0.3 is 5.97 Å². The highest BCUT2D eigenvalue weighted by atomic mass is 35.5. The van der Waals surface area contributed by atoms with E-state index in [0.29, 0.717) is 10.0 Å². The quantitative estimate of drug-likeness (QED) is 0.291. The summed E-state index contributed by atoms with van der Waals surface area (Å²) in [5, 5.41) is 6.18. The van der Waals surface area contributed by atoms with E-state index in [1.165, 1.54) is 20.5 Å². The Balaban J connectivity index is 1.33. The molecule has 36 heavy (non-hydrogen) atoms. The number of halogens is 1. The Morgan fingerprint density at radius 2 is 2.03 bits per heavy atom. The number of nitrogens with zero attached hydrogens (tertiary/aromatic N) is 3. The van der Waals surface area contributed by atoms with Crippen molar-refractivity contribution in [3.05, 3.63) is 45.4 Å². The highest BCUT2D eigenvalue weighted by Gasteiger charge is 2.34. The summed E-state index contributed by atoms with van der Waals surface area (Å²) in [5.74, 6) is -1.07. The number of thiophene rings is 1. The number of ether oxygens (including phenoxy) is 1. The van der Waals surface area contributed by atoms with Crippen LogP contribution in [0.3, 0.4) is 0 Å². The third-order valence-corrected chi connectivity index (χ3v) is 9.82. The summed E-state index contributed by atoms with van der Waals surface area (Å²) in [6.45, 7) is 2.09. The van der Waals surface area contributed by atoms with E-state index in [9.17, 15) is 22.8 Å². The molecule has 0 unspecified atom stereocenters. The minimum atomic E-state index is -3.83. The third-order valence-electron chi connectivity index (χ3n) is 5.36. The number of esters is 1. The minimum Gasteiger partial charge on any atom is -0.465 e. The maximum Gasteiger partial charge on any atom is 0.319 e. The van der Waals surface area contributed by atoms with Crippen molar-refractivity contribution in [3.8, 4) is 0 Å². The van der Waals surface area contributed by atoms with Gasteiger partial charge < -0.3 is 9.64 Å². The van der Waals surface area contributed by atoms with Gasteiger partial charge in [0.05, 0.1) is 32.8 Å². The lowest BCUT2D eigenvalue weighted by Crippen LogP contribution is -2.51. The first-order chi connectivity index (χ1) is 17.2. The lowest BCUT2D eigenvalue weighted by atomic mass is 10.3. The van der Waals surface area contributed by atoms with E-state index in [4.69, 9.17) is 16.3 Å². The largest absolute Gasteiger partial charge is 0.465 e. The standard InChI is InChI=1S/C22H23ClN4O6S3/c1-2-33-21(30)10-24-9-17(28)16-13-34-19(25-16)11-26-5-6-27(12-20(26)29)36(31,32)22-7-14-3-4-15(23)8-18(14)35-22/h3-4,7-8,13,24H,2,5-6,9-12H2,1H3. The normalized spacial score (nSPS) is 14.9. The summed E-state index contributed by atoms with van der Waals surface area (Å²) in [6.07, 6.45) is 0. The van der Waals surface area contributed by atoms with Crippen LogP contribution in [-0.4, -0.2) is 79.6 Å². The summed E-state index contributed by atoms with van der Waals surface area (Å²) < 4.78 is 33.2. The summed E-state index contributed by atoms with van der Waals surface area (Å²) >= 11 is 8.37. The van der Waals surface area contributed by atoms with Crippen molar-refractivity contribution < 1.29 is 27.5 Å². The minimum absolute atomic E-state index is 0.0681. The fourth-order valence-electron chi connectivity index (χ4n) is 3.55. The van der Waals surface area contributed by atoms with Crippen molar-refractivity contribution in [2.24, 2.45) is 0 Å². The zero-order valence-corrected chi connectivity index (χ0v) is 22.4. The van der Waals surface area contributed by atoms with E-state index in [2.05, 4.69) is 10.3 Å². The number of carbonyl (C=O) groups is 3. The second kappa shape index (κ2) is 11.3. The second-order valence-corrected chi connectivity index (χ2v) is 12.5. The van der Waals surface area contributed by atoms with Gasteiger partial charge in [-0.1, -0.05) is 17.7 Å². The van der Waals surface area contributed by atoms with Gasteiger partial charge in [-0.3, -0.25) is 19.7 Å². The number of hydrogen-bond donors (Lipinski definition) is 1. The zero-order valence-electron chi connectivity index (χ0n) is 19.2. The monoisotopic (exact) mass is 570 g/mol. The van der Waals surface area contributed by atoms with Crippen LogP contribution in [-0.2, 0) is 30.9 Å². The van der Waals surface area contributed by atoms with E-state index in [1.807, 2.05) is 0 Å². The van der Waals surface area contributed by atoms with Crippen LogP contribution in [0.25, 0.3) is 10.1 Å². The summed E-state index contributed by atoms with van der Waals surface area (Å²) in [5.41, 5.74) is 0.241. The lowest BCUT2D eigenvalue weighted by molar-refractivity contribution is -0.142. The van der Waals surface area contributed by atoms with Crippen LogP contribution < -0.4 is 5.32 Å². The molecule has 2 aromatic heterocycles. The number of benzene rings is 1. The molecule has 3 aromatic rings. The van der Waals surface area contributed by atoms with Gasteiger partial charge in [0.1, 0.15) is 14.9 Å². The Morgan fingerprint density at radius 3 is 2.78 bits per heavy atom. The summed E-state index contributed by atoms with van der Waals surface area (Å²) in [4.78, 5) is 42.2. The molecular weight excluding hydrogens is 548 g/mol. The molecule has 1 saturated heterocycles. The van der Waals surface area contributed by atoms with Crippen LogP contribution in [0.15, 0.2) is 33.9 Å². The van der Waals surface area contributed by atoms with Gasteiger partial charge in [0, 0.05) is 28.2 Å². The number of amides is 1. The molecule has 4 rings (SSSR count). The van der Waals surface area contributed by atoms with E-state index < -0.39 is 16.0 Å². The third kappa shape index (κ3) is 6.10. The molecule has 1 fully saturated rings. The Bertz CT molecular complexity index is 1400. The smallest absolute Gasteiger partial charge is 0.319 e. The molecule has 10 nitrogen and oxygen atoms in total. The van der Waals surface area contributed by atoms with Gasteiger partial charge in [0.2, 0.25) is 5.91 Å². The Morgan fingerprint density at radius 1 is 1.22 bits per heavy atom. The van der Waals surface area contributed by atoms with Crippen molar-refractivity contribution in [2.75, 3.05) is 39.3 Å². The van der Waals surface area contributed by atoms with Gasteiger partial charge in [0.25, 0.3) is 10.0 Å². The molecule has 1 aliphatic rings. The van der Waals surface area contributed by atoms with Crippen LogP contribution in [0, 0.1) is 0 Å². The molecule has 0 aliphatic carbocycles.